The zero-order chi connectivity index (χ0) is 10.7. The van der Waals surface area contributed by atoms with Gasteiger partial charge in [0.25, 0.3) is 0 Å². The summed E-state index contributed by atoms with van der Waals surface area (Å²) in [5.41, 5.74) is 9.60. The Labute approximate surface area is 89.8 Å². The minimum atomic E-state index is -0.0834. The molecule has 0 aliphatic rings. The van der Waals surface area contributed by atoms with Crippen molar-refractivity contribution >= 4 is 0 Å². The van der Waals surface area contributed by atoms with Gasteiger partial charge >= 0.3 is 0 Å². The van der Waals surface area contributed by atoms with Crippen LogP contribution in [0.15, 0.2) is 48.8 Å². The van der Waals surface area contributed by atoms with E-state index >= 15 is 0 Å². The summed E-state index contributed by atoms with van der Waals surface area (Å²) >= 11 is 0. The predicted molar refractivity (Wildman–Crippen MR) is 61.4 cm³/mol. The molecule has 2 aromatic rings. The fraction of sp³-hybridized carbons (Fsp3) is 0.154. The van der Waals surface area contributed by atoms with E-state index in [1.807, 2.05) is 30.5 Å². The molecule has 1 unspecified atom stereocenters. The van der Waals surface area contributed by atoms with Gasteiger partial charge in [-0.1, -0.05) is 30.3 Å². The first kappa shape index (κ1) is 9.87. The quantitative estimate of drug-likeness (QED) is 0.805. The zero-order valence-electron chi connectivity index (χ0n) is 8.72. The summed E-state index contributed by atoms with van der Waals surface area (Å²) in [5, 5.41) is 0. The lowest BCUT2D eigenvalue weighted by molar-refractivity contribution is 0.854. The highest BCUT2D eigenvalue weighted by molar-refractivity contribution is 5.35. The van der Waals surface area contributed by atoms with Crippen LogP contribution in [0.2, 0.25) is 0 Å². The largest absolute Gasteiger partial charge is 0.320 e. The Kier molecular flexibility index (Phi) is 2.79. The Morgan fingerprint density at radius 2 is 1.93 bits per heavy atom. The molecule has 0 amide bonds. The molecule has 0 bridgehead atoms. The smallest absolute Gasteiger partial charge is 0.0569 e. The van der Waals surface area contributed by atoms with Gasteiger partial charge in [0.2, 0.25) is 0 Å². The Morgan fingerprint density at radius 3 is 2.60 bits per heavy atom. The van der Waals surface area contributed by atoms with Crippen molar-refractivity contribution in [1.82, 2.24) is 4.98 Å². The van der Waals surface area contributed by atoms with E-state index in [4.69, 9.17) is 5.73 Å². The highest BCUT2D eigenvalue weighted by Crippen LogP contribution is 2.21. The fourth-order valence-electron chi connectivity index (χ4n) is 1.68. The van der Waals surface area contributed by atoms with Crippen LogP contribution in [0.5, 0.6) is 0 Å². The molecule has 2 heteroatoms. The summed E-state index contributed by atoms with van der Waals surface area (Å²) in [4.78, 5) is 4.08. The maximum Gasteiger partial charge on any atom is 0.0569 e. The number of nitrogens with two attached hydrogens (primary N) is 1. The van der Waals surface area contributed by atoms with Gasteiger partial charge in [0.05, 0.1) is 6.04 Å². The SMILES string of the molecule is Cc1ccccc1C(N)c1cccnc1. The molecule has 0 saturated heterocycles. The van der Waals surface area contributed by atoms with Crippen LogP contribution in [-0.4, -0.2) is 4.98 Å². The van der Waals surface area contributed by atoms with Crippen molar-refractivity contribution < 1.29 is 0 Å². The summed E-state index contributed by atoms with van der Waals surface area (Å²) in [6, 6.07) is 12.0. The first-order valence-corrected chi connectivity index (χ1v) is 5.00. The molecule has 15 heavy (non-hydrogen) atoms. The van der Waals surface area contributed by atoms with E-state index < -0.39 is 0 Å². The number of pyridine rings is 1. The molecule has 0 spiro atoms. The first-order chi connectivity index (χ1) is 7.29. The van der Waals surface area contributed by atoms with Crippen LogP contribution >= 0.6 is 0 Å². The van der Waals surface area contributed by atoms with Crippen molar-refractivity contribution in [2.24, 2.45) is 5.73 Å². The minimum Gasteiger partial charge on any atom is -0.320 e. The molecule has 1 heterocycles. The molecule has 0 radical (unpaired) electrons. The van der Waals surface area contributed by atoms with Gasteiger partial charge in [0.1, 0.15) is 0 Å². The van der Waals surface area contributed by atoms with Crippen molar-refractivity contribution in [1.29, 1.82) is 0 Å². The van der Waals surface area contributed by atoms with Crippen molar-refractivity contribution in [3.8, 4) is 0 Å². The number of rotatable bonds is 2. The van der Waals surface area contributed by atoms with Crippen LogP contribution in [0.25, 0.3) is 0 Å². The second-order valence-corrected chi connectivity index (χ2v) is 3.62. The number of hydrogen-bond acceptors (Lipinski definition) is 2. The summed E-state index contributed by atoms with van der Waals surface area (Å²) in [5.74, 6) is 0. The van der Waals surface area contributed by atoms with Gasteiger partial charge in [-0.05, 0) is 29.7 Å². The van der Waals surface area contributed by atoms with Crippen LogP contribution < -0.4 is 5.73 Å². The van der Waals surface area contributed by atoms with Gasteiger partial charge in [-0.25, -0.2) is 0 Å². The molecule has 0 fully saturated rings. The third kappa shape index (κ3) is 2.05. The van der Waals surface area contributed by atoms with Crippen molar-refractivity contribution in [3.63, 3.8) is 0 Å². The van der Waals surface area contributed by atoms with Crippen molar-refractivity contribution in [2.45, 2.75) is 13.0 Å². The van der Waals surface area contributed by atoms with E-state index in [-0.39, 0.29) is 6.04 Å². The summed E-state index contributed by atoms with van der Waals surface area (Å²) in [6.07, 6.45) is 3.57. The van der Waals surface area contributed by atoms with Gasteiger partial charge in [0, 0.05) is 12.4 Å². The lowest BCUT2D eigenvalue weighted by Gasteiger charge is -2.14. The van der Waals surface area contributed by atoms with Crippen molar-refractivity contribution in [3.05, 3.63) is 65.5 Å². The van der Waals surface area contributed by atoms with E-state index in [0.717, 1.165) is 11.1 Å². The second-order valence-electron chi connectivity index (χ2n) is 3.62. The molecule has 76 valence electrons. The monoisotopic (exact) mass is 198 g/mol. The van der Waals surface area contributed by atoms with Crippen molar-refractivity contribution in [2.75, 3.05) is 0 Å². The Hall–Kier alpha value is -1.67. The second kappa shape index (κ2) is 4.24. The molecule has 0 aliphatic heterocycles. The van der Waals surface area contributed by atoms with Gasteiger partial charge in [0.15, 0.2) is 0 Å². The van der Waals surface area contributed by atoms with Crippen LogP contribution in [-0.2, 0) is 0 Å². The van der Waals surface area contributed by atoms with E-state index in [1.165, 1.54) is 5.56 Å². The van der Waals surface area contributed by atoms with E-state index in [2.05, 4.69) is 24.0 Å². The van der Waals surface area contributed by atoms with E-state index in [9.17, 15) is 0 Å². The molecule has 1 atom stereocenters. The molecule has 2 N–H and O–H groups in total. The maximum atomic E-state index is 6.18. The molecular weight excluding hydrogens is 184 g/mol. The zero-order valence-corrected chi connectivity index (χ0v) is 8.72. The summed E-state index contributed by atoms with van der Waals surface area (Å²) in [6.45, 7) is 2.07. The maximum absolute atomic E-state index is 6.18. The van der Waals surface area contributed by atoms with Crippen LogP contribution in [0.4, 0.5) is 0 Å². The van der Waals surface area contributed by atoms with Crippen LogP contribution in [0.1, 0.15) is 22.7 Å². The highest BCUT2D eigenvalue weighted by Gasteiger charge is 2.10. The highest BCUT2D eigenvalue weighted by atomic mass is 14.7. The molecule has 2 rings (SSSR count). The fourth-order valence-corrected chi connectivity index (χ4v) is 1.68. The van der Waals surface area contributed by atoms with Gasteiger partial charge < -0.3 is 5.73 Å². The number of aromatic nitrogens is 1. The standard InChI is InChI=1S/C13H14N2/c1-10-5-2-3-7-12(10)13(14)11-6-4-8-15-9-11/h2-9,13H,14H2,1H3. The molecule has 1 aromatic carbocycles. The normalized spacial score (nSPS) is 12.4. The molecule has 1 aromatic heterocycles. The molecule has 0 saturated carbocycles. The minimum absolute atomic E-state index is 0.0834. The summed E-state index contributed by atoms with van der Waals surface area (Å²) in [7, 11) is 0. The molecule has 0 aliphatic carbocycles. The van der Waals surface area contributed by atoms with E-state index in [0.29, 0.717) is 0 Å². The molecule has 2 nitrogen and oxygen atoms in total. The van der Waals surface area contributed by atoms with Crippen LogP contribution in [0.3, 0.4) is 0 Å². The number of hydrogen-bond donors (Lipinski definition) is 1. The average molecular weight is 198 g/mol. The Morgan fingerprint density at radius 1 is 1.13 bits per heavy atom. The Bertz CT molecular complexity index is 437. The lowest BCUT2D eigenvalue weighted by atomic mass is 9.97. The van der Waals surface area contributed by atoms with Gasteiger partial charge in [-0.15, -0.1) is 0 Å². The topological polar surface area (TPSA) is 38.9 Å². The average Bonchev–Trinajstić information content (AvgIpc) is 2.30. The van der Waals surface area contributed by atoms with E-state index in [1.54, 1.807) is 6.20 Å². The number of aryl methyl sites for hydroxylation is 1. The first-order valence-electron chi connectivity index (χ1n) is 5.00. The number of benzene rings is 1. The lowest BCUT2D eigenvalue weighted by Crippen LogP contribution is -2.13. The van der Waals surface area contributed by atoms with Crippen LogP contribution in [0, 0.1) is 6.92 Å². The summed E-state index contributed by atoms with van der Waals surface area (Å²) < 4.78 is 0. The van der Waals surface area contributed by atoms with Gasteiger partial charge in [-0.2, -0.15) is 0 Å². The Balaban J connectivity index is 2.37. The third-order valence-corrected chi connectivity index (χ3v) is 2.57. The predicted octanol–water partition coefficient (Wildman–Crippen LogP) is 2.44. The number of nitrogens with zero attached hydrogens (tertiary/aromatic N) is 1. The third-order valence-electron chi connectivity index (χ3n) is 2.57. The molecular formula is C13H14N2. The van der Waals surface area contributed by atoms with Gasteiger partial charge in [-0.3, -0.25) is 4.98 Å².